The summed E-state index contributed by atoms with van der Waals surface area (Å²) in [6.45, 7) is 2.01. The molecule has 0 aliphatic carbocycles. The van der Waals surface area contributed by atoms with Crippen LogP contribution in [0.2, 0.25) is 0 Å². The van der Waals surface area contributed by atoms with Gasteiger partial charge in [-0.15, -0.1) is 0 Å². The number of nitriles is 1. The maximum atomic E-state index is 11.7. The third-order valence-electron chi connectivity index (χ3n) is 2.80. The average molecular weight is 261 g/mol. The number of urea groups is 1. The highest BCUT2D eigenvalue weighted by molar-refractivity contribution is 5.89. The fraction of sp³-hybridized carbons (Fsp3) is 0.429. The minimum atomic E-state index is -0.284. The predicted octanol–water partition coefficient (Wildman–Crippen LogP) is 2.04. The van der Waals surface area contributed by atoms with Crippen LogP contribution in [0.25, 0.3) is 0 Å². The Morgan fingerprint density at radius 3 is 2.63 bits per heavy atom. The van der Waals surface area contributed by atoms with Crippen LogP contribution in [0.15, 0.2) is 24.3 Å². The lowest BCUT2D eigenvalue weighted by Crippen LogP contribution is -2.38. The second kappa shape index (κ2) is 8.11. The smallest absolute Gasteiger partial charge is 0.319 e. The summed E-state index contributed by atoms with van der Waals surface area (Å²) in [7, 11) is 0. The highest BCUT2D eigenvalue weighted by Crippen LogP contribution is 2.10. The fourth-order valence-corrected chi connectivity index (χ4v) is 1.68. The lowest BCUT2D eigenvalue weighted by molar-refractivity contribution is 0.237. The maximum absolute atomic E-state index is 11.7. The first-order valence-electron chi connectivity index (χ1n) is 6.33. The molecule has 1 unspecified atom stereocenters. The maximum Gasteiger partial charge on any atom is 0.319 e. The molecule has 5 nitrogen and oxygen atoms in total. The van der Waals surface area contributed by atoms with E-state index in [-0.39, 0.29) is 18.7 Å². The molecule has 1 atom stereocenters. The van der Waals surface area contributed by atoms with Crippen molar-refractivity contribution in [3.63, 3.8) is 0 Å². The molecule has 0 aliphatic heterocycles. The summed E-state index contributed by atoms with van der Waals surface area (Å²) in [5, 5.41) is 22.9. The van der Waals surface area contributed by atoms with Crippen molar-refractivity contribution in [2.45, 2.75) is 32.2 Å². The molecular weight excluding hydrogens is 242 g/mol. The van der Waals surface area contributed by atoms with Gasteiger partial charge in [0.05, 0.1) is 12.5 Å². The number of anilines is 1. The van der Waals surface area contributed by atoms with Crippen molar-refractivity contribution < 1.29 is 9.90 Å². The van der Waals surface area contributed by atoms with Crippen LogP contribution < -0.4 is 10.6 Å². The monoisotopic (exact) mass is 261 g/mol. The molecular formula is C14H19N3O2. The van der Waals surface area contributed by atoms with E-state index in [1.54, 1.807) is 12.1 Å². The molecule has 0 saturated carbocycles. The molecule has 5 heteroatoms. The quantitative estimate of drug-likeness (QED) is 0.732. The topological polar surface area (TPSA) is 85.2 Å². The van der Waals surface area contributed by atoms with E-state index in [1.807, 2.05) is 19.1 Å². The number of aliphatic hydroxyl groups is 1. The number of nitrogens with zero attached hydrogens (tertiary/aromatic N) is 1. The SMILES string of the molecule is CCC(CCO)NC(=O)Nc1ccc(CC#N)cc1. The van der Waals surface area contributed by atoms with Crippen molar-refractivity contribution in [3.8, 4) is 6.07 Å². The van der Waals surface area contributed by atoms with E-state index in [2.05, 4.69) is 16.7 Å². The zero-order chi connectivity index (χ0) is 14.1. The zero-order valence-electron chi connectivity index (χ0n) is 11.0. The van der Waals surface area contributed by atoms with E-state index >= 15 is 0 Å². The molecule has 1 aromatic rings. The van der Waals surface area contributed by atoms with E-state index in [9.17, 15) is 4.79 Å². The van der Waals surface area contributed by atoms with Crippen LogP contribution in [0.4, 0.5) is 10.5 Å². The Hall–Kier alpha value is -2.06. The highest BCUT2D eigenvalue weighted by Gasteiger charge is 2.09. The number of hydrogen-bond acceptors (Lipinski definition) is 3. The molecule has 0 saturated heterocycles. The van der Waals surface area contributed by atoms with Crippen molar-refractivity contribution in [2.75, 3.05) is 11.9 Å². The Morgan fingerprint density at radius 1 is 1.42 bits per heavy atom. The molecule has 1 aromatic carbocycles. The summed E-state index contributed by atoms with van der Waals surface area (Å²) < 4.78 is 0. The molecule has 0 fully saturated rings. The van der Waals surface area contributed by atoms with Gasteiger partial charge in [-0.05, 0) is 30.5 Å². The molecule has 0 radical (unpaired) electrons. The second-order valence-corrected chi connectivity index (χ2v) is 4.25. The van der Waals surface area contributed by atoms with E-state index in [1.165, 1.54) is 0 Å². The number of amides is 2. The number of rotatable bonds is 6. The van der Waals surface area contributed by atoms with Gasteiger partial charge in [0.2, 0.25) is 0 Å². The number of aliphatic hydroxyl groups excluding tert-OH is 1. The zero-order valence-corrected chi connectivity index (χ0v) is 11.0. The molecule has 0 aromatic heterocycles. The van der Waals surface area contributed by atoms with E-state index in [0.29, 0.717) is 18.5 Å². The summed E-state index contributed by atoms with van der Waals surface area (Å²) in [4.78, 5) is 11.7. The Bertz CT molecular complexity index is 437. The van der Waals surface area contributed by atoms with Crippen LogP contribution in [0, 0.1) is 11.3 Å². The molecule has 3 N–H and O–H groups in total. The van der Waals surface area contributed by atoms with E-state index < -0.39 is 0 Å². The predicted molar refractivity (Wildman–Crippen MR) is 73.7 cm³/mol. The number of benzene rings is 1. The van der Waals surface area contributed by atoms with Crippen molar-refractivity contribution in [1.29, 1.82) is 5.26 Å². The van der Waals surface area contributed by atoms with Gasteiger partial charge in [-0.1, -0.05) is 19.1 Å². The number of nitrogens with one attached hydrogen (secondary N) is 2. The summed E-state index contributed by atoms with van der Waals surface area (Å²) in [6, 6.07) is 8.90. The van der Waals surface area contributed by atoms with Crippen molar-refractivity contribution in [1.82, 2.24) is 5.32 Å². The van der Waals surface area contributed by atoms with Gasteiger partial charge in [0.1, 0.15) is 0 Å². The van der Waals surface area contributed by atoms with Crippen LogP contribution in [-0.4, -0.2) is 23.8 Å². The lowest BCUT2D eigenvalue weighted by atomic mass is 10.1. The summed E-state index contributed by atoms with van der Waals surface area (Å²) in [5.74, 6) is 0. The van der Waals surface area contributed by atoms with Crippen molar-refractivity contribution >= 4 is 11.7 Å². The molecule has 19 heavy (non-hydrogen) atoms. The minimum absolute atomic E-state index is 0.0251. The normalized spacial score (nSPS) is 11.4. The van der Waals surface area contributed by atoms with Gasteiger partial charge in [0.25, 0.3) is 0 Å². The van der Waals surface area contributed by atoms with Crippen LogP contribution >= 0.6 is 0 Å². The van der Waals surface area contributed by atoms with Gasteiger partial charge in [-0.3, -0.25) is 0 Å². The van der Waals surface area contributed by atoms with Gasteiger partial charge in [-0.25, -0.2) is 4.79 Å². The Kier molecular flexibility index (Phi) is 6.41. The third kappa shape index (κ3) is 5.40. The first-order chi connectivity index (χ1) is 9.19. The van der Waals surface area contributed by atoms with Crippen LogP contribution in [0.5, 0.6) is 0 Å². The molecule has 0 aliphatic rings. The Balaban J connectivity index is 2.50. The Labute approximate surface area is 113 Å². The van der Waals surface area contributed by atoms with E-state index in [0.717, 1.165) is 12.0 Å². The van der Waals surface area contributed by atoms with E-state index in [4.69, 9.17) is 10.4 Å². The summed E-state index contributed by atoms with van der Waals surface area (Å²) in [6.07, 6.45) is 1.68. The largest absolute Gasteiger partial charge is 0.396 e. The van der Waals surface area contributed by atoms with Gasteiger partial charge < -0.3 is 15.7 Å². The number of hydrogen-bond donors (Lipinski definition) is 3. The summed E-state index contributed by atoms with van der Waals surface area (Å²) in [5.41, 5.74) is 1.60. The summed E-state index contributed by atoms with van der Waals surface area (Å²) >= 11 is 0. The number of carbonyl (C=O) groups excluding carboxylic acids is 1. The van der Waals surface area contributed by atoms with Gasteiger partial charge in [-0.2, -0.15) is 5.26 Å². The molecule has 0 spiro atoms. The third-order valence-corrected chi connectivity index (χ3v) is 2.80. The Morgan fingerprint density at radius 2 is 2.11 bits per heavy atom. The molecule has 1 rings (SSSR count). The van der Waals surface area contributed by atoms with Gasteiger partial charge >= 0.3 is 6.03 Å². The van der Waals surface area contributed by atoms with Crippen LogP contribution in [-0.2, 0) is 6.42 Å². The molecule has 2 amide bonds. The average Bonchev–Trinajstić information content (AvgIpc) is 2.41. The lowest BCUT2D eigenvalue weighted by Gasteiger charge is -2.16. The minimum Gasteiger partial charge on any atom is -0.396 e. The number of carbonyl (C=O) groups is 1. The standard InChI is InChI=1S/C14H19N3O2/c1-2-12(8-10-18)16-14(19)17-13-5-3-11(4-6-13)7-9-15/h3-6,12,18H,2,7-8,10H2,1H3,(H2,16,17,19). The highest BCUT2D eigenvalue weighted by atomic mass is 16.3. The molecule has 0 bridgehead atoms. The first kappa shape index (κ1) is 15.0. The first-order valence-corrected chi connectivity index (χ1v) is 6.33. The molecule has 0 heterocycles. The van der Waals surface area contributed by atoms with Gasteiger partial charge in [0.15, 0.2) is 0 Å². The van der Waals surface area contributed by atoms with Crippen LogP contribution in [0.1, 0.15) is 25.3 Å². The second-order valence-electron chi connectivity index (χ2n) is 4.25. The fourth-order valence-electron chi connectivity index (χ4n) is 1.68. The van der Waals surface area contributed by atoms with Crippen molar-refractivity contribution in [2.24, 2.45) is 0 Å². The van der Waals surface area contributed by atoms with Crippen molar-refractivity contribution in [3.05, 3.63) is 29.8 Å². The van der Waals surface area contributed by atoms with Crippen LogP contribution in [0.3, 0.4) is 0 Å². The van der Waals surface area contributed by atoms with Gasteiger partial charge in [0, 0.05) is 18.3 Å². The molecule has 102 valence electrons.